The molecule has 0 aliphatic rings. The maximum Gasteiger partial charge on any atom is 0.124 e. The molecule has 2 N–H and O–H groups in total. The molecular weight excluding hydrogens is 385 g/mol. The minimum absolute atomic E-state index is 0.102. The summed E-state index contributed by atoms with van der Waals surface area (Å²) in [5.74, 6) is 0.204. The molecule has 0 amide bonds. The molecule has 12 radical (unpaired) electrons. The Balaban J connectivity index is 2.21. The monoisotopic (exact) mass is 394 g/mol. The summed E-state index contributed by atoms with van der Waals surface area (Å²) in [6.07, 6.45) is 0. The molecule has 26 heavy (non-hydrogen) atoms. The number of hydrogen-bond acceptors (Lipinski definition) is 2. The van der Waals surface area contributed by atoms with E-state index < -0.39 is 0 Å². The van der Waals surface area contributed by atoms with E-state index in [1.165, 1.54) is 0 Å². The van der Waals surface area contributed by atoms with E-state index in [2.05, 4.69) is 41.0 Å². The maximum atomic E-state index is 10.7. The van der Waals surface area contributed by atoms with Crippen LogP contribution in [0.15, 0.2) is 48.5 Å². The Morgan fingerprint density at radius 1 is 0.500 bits per heavy atom. The predicted octanol–water partition coefficient (Wildman–Crippen LogP) is 0.246. The smallest absolute Gasteiger partial charge is 0.124 e. The Kier molecular flexibility index (Phi) is 4.15. The van der Waals surface area contributed by atoms with Gasteiger partial charge in [-0.1, -0.05) is 57.1 Å². The number of phenolic OH excluding ortho intramolecular Hbond substituents is 2. The van der Waals surface area contributed by atoms with Crippen molar-refractivity contribution in [3.8, 4) is 22.6 Å². The van der Waals surface area contributed by atoms with Gasteiger partial charge in [0.05, 0.1) is 41.0 Å². The highest BCUT2D eigenvalue weighted by Crippen LogP contribution is 2.43. The Morgan fingerprint density at radius 2 is 0.885 bits per heavy atom. The van der Waals surface area contributed by atoms with E-state index in [0.29, 0.717) is 11.1 Å². The third-order valence-electron chi connectivity index (χ3n) is 4.48. The molecule has 4 aromatic carbocycles. The Bertz CT molecular complexity index is 1110. The zero-order valence-electron chi connectivity index (χ0n) is 13.5. The lowest BCUT2D eigenvalue weighted by atomic mass is 9.92. The van der Waals surface area contributed by atoms with Crippen LogP contribution in [0.3, 0.4) is 0 Å². The zero-order valence-corrected chi connectivity index (χ0v) is 17.5. The van der Waals surface area contributed by atoms with Crippen molar-refractivity contribution in [1.82, 2.24) is 0 Å². The lowest BCUT2D eigenvalue weighted by Crippen LogP contribution is -2.11. The van der Waals surface area contributed by atoms with E-state index in [-0.39, 0.29) is 11.5 Å². The molecule has 0 saturated carbocycles. The molecular formula is C20H10O2Si4. The molecule has 0 aromatic heterocycles. The molecule has 4 aromatic rings. The number of fused-ring (bicyclic) bond motifs is 2. The number of hydrogen-bond donors (Lipinski definition) is 2. The average Bonchev–Trinajstić information content (AvgIpc) is 2.58. The van der Waals surface area contributed by atoms with Crippen LogP contribution in [-0.2, 0) is 0 Å². The molecule has 118 valence electrons. The standard InChI is InChI=1S/C20H10O2Si4/c21-15-7-17(25)13-5-9(23)1-3-11(13)19(15)20-12-4-2-10(24)6-14(12)18(26)8-16(20)22/h1-8,21-22H. The van der Waals surface area contributed by atoms with Crippen LogP contribution in [-0.4, -0.2) is 51.2 Å². The second-order valence-electron chi connectivity index (χ2n) is 6.16. The number of aromatic hydroxyl groups is 2. The summed E-state index contributed by atoms with van der Waals surface area (Å²) < 4.78 is 0. The Morgan fingerprint density at radius 3 is 1.27 bits per heavy atom. The van der Waals surface area contributed by atoms with Crippen LogP contribution in [0.5, 0.6) is 11.5 Å². The lowest BCUT2D eigenvalue weighted by Gasteiger charge is -2.17. The van der Waals surface area contributed by atoms with Crippen molar-refractivity contribution in [2.75, 3.05) is 0 Å². The SMILES string of the molecule is Oc1cc([Si])c2cc([Si])ccc2c1-c1c(O)cc([Si])c2cc([Si])ccc12. The van der Waals surface area contributed by atoms with Crippen molar-refractivity contribution < 1.29 is 10.2 Å². The topological polar surface area (TPSA) is 40.5 Å². The normalized spacial score (nSPS) is 11.4. The van der Waals surface area contributed by atoms with Gasteiger partial charge in [-0.15, -0.1) is 0 Å². The fraction of sp³-hybridized carbons (Fsp3) is 0. The molecule has 6 heteroatoms. The maximum absolute atomic E-state index is 10.7. The van der Waals surface area contributed by atoms with Gasteiger partial charge >= 0.3 is 0 Å². The fourth-order valence-electron chi connectivity index (χ4n) is 3.34. The summed E-state index contributed by atoms with van der Waals surface area (Å²) in [5.41, 5.74) is 1.20. The molecule has 0 atom stereocenters. The van der Waals surface area contributed by atoms with E-state index in [1.54, 1.807) is 12.1 Å². The van der Waals surface area contributed by atoms with Crippen molar-refractivity contribution in [2.24, 2.45) is 0 Å². The molecule has 0 spiro atoms. The van der Waals surface area contributed by atoms with E-state index in [4.69, 9.17) is 0 Å². The van der Waals surface area contributed by atoms with E-state index in [1.807, 2.05) is 36.4 Å². The minimum Gasteiger partial charge on any atom is -0.507 e. The van der Waals surface area contributed by atoms with E-state index in [0.717, 1.165) is 42.3 Å². The first-order valence-corrected chi connectivity index (χ1v) is 9.83. The summed E-state index contributed by atoms with van der Waals surface area (Å²) in [7, 11) is 14.2. The van der Waals surface area contributed by atoms with E-state index >= 15 is 0 Å². The van der Waals surface area contributed by atoms with Crippen LogP contribution >= 0.6 is 0 Å². The average molecular weight is 395 g/mol. The largest absolute Gasteiger partial charge is 0.507 e. The summed E-state index contributed by atoms with van der Waals surface area (Å²) in [6, 6.07) is 15.0. The molecule has 0 aliphatic heterocycles. The summed E-state index contributed by atoms with van der Waals surface area (Å²) in [6.45, 7) is 0. The number of rotatable bonds is 1. The van der Waals surface area contributed by atoms with Crippen molar-refractivity contribution in [2.45, 2.75) is 0 Å². The molecule has 0 aliphatic carbocycles. The Labute approximate surface area is 164 Å². The highest BCUT2D eigenvalue weighted by atomic mass is 28.2. The van der Waals surface area contributed by atoms with Crippen molar-refractivity contribution >= 4 is 83.3 Å². The molecule has 0 unspecified atom stereocenters. The third-order valence-corrected chi connectivity index (χ3v) is 5.93. The number of phenols is 2. The first kappa shape index (κ1) is 17.3. The fourth-order valence-corrected chi connectivity index (χ4v) is 4.49. The van der Waals surface area contributed by atoms with Gasteiger partial charge in [0.2, 0.25) is 0 Å². The zero-order chi connectivity index (χ0) is 18.6. The van der Waals surface area contributed by atoms with Gasteiger partial charge in [-0.3, -0.25) is 0 Å². The van der Waals surface area contributed by atoms with Crippen LogP contribution in [0.25, 0.3) is 32.7 Å². The molecule has 0 heterocycles. The van der Waals surface area contributed by atoms with Gasteiger partial charge in [0.15, 0.2) is 0 Å². The first-order chi connectivity index (χ1) is 12.4. The molecule has 0 saturated heterocycles. The van der Waals surface area contributed by atoms with Crippen LogP contribution in [0.4, 0.5) is 0 Å². The van der Waals surface area contributed by atoms with Crippen molar-refractivity contribution in [3.63, 3.8) is 0 Å². The quantitative estimate of drug-likeness (QED) is 0.454. The van der Waals surface area contributed by atoms with Gasteiger partial charge in [-0.05, 0) is 33.7 Å². The Hall–Kier alpha value is -2.13. The summed E-state index contributed by atoms with van der Waals surface area (Å²) in [5, 5.41) is 28.5. The van der Waals surface area contributed by atoms with Gasteiger partial charge < -0.3 is 10.2 Å². The second-order valence-corrected chi connectivity index (χ2v) is 8.39. The van der Waals surface area contributed by atoms with Gasteiger partial charge in [0.25, 0.3) is 0 Å². The van der Waals surface area contributed by atoms with Crippen molar-refractivity contribution in [3.05, 3.63) is 48.5 Å². The second kappa shape index (κ2) is 6.24. The van der Waals surface area contributed by atoms with Gasteiger partial charge in [0.1, 0.15) is 11.5 Å². The van der Waals surface area contributed by atoms with Crippen LogP contribution in [0, 0.1) is 0 Å². The summed E-state index contributed by atoms with van der Waals surface area (Å²) in [4.78, 5) is 0. The van der Waals surface area contributed by atoms with Gasteiger partial charge in [-0.2, -0.15) is 0 Å². The van der Waals surface area contributed by atoms with E-state index in [9.17, 15) is 10.2 Å². The molecule has 0 bridgehead atoms. The summed E-state index contributed by atoms with van der Waals surface area (Å²) >= 11 is 0. The molecule has 4 rings (SSSR count). The first-order valence-electron chi connectivity index (χ1n) is 7.83. The highest BCUT2D eigenvalue weighted by Gasteiger charge is 2.19. The van der Waals surface area contributed by atoms with Gasteiger partial charge in [-0.25, -0.2) is 0 Å². The van der Waals surface area contributed by atoms with Crippen LogP contribution < -0.4 is 20.7 Å². The highest BCUT2D eigenvalue weighted by molar-refractivity contribution is 6.43. The van der Waals surface area contributed by atoms with Gasteiger partial charge in [0, 0.05) is 11.1 Å². The lowest BCUT2D eigenvalue weighted by molar-refractivity contribution is 0.471. The molecule has 0 fully saturated rings. The third kappa shape index (κ3) is 2.66. The number of benzene rings is 4. The van der Waals surface area contributed by atoms with Crippen LogP contribution in [0.1, 0.15) is 0 Å². The minimum atomic E-state index is 0.102. The molecule has 2 nitrogen and oxygen atoms in total. The van der Waals surface area contributed by atoms with Crippen molar-refractivity contribution in [1.29, 1.82) is 0 Å². The van der Waals surface area contributed by atoms with Crippen LogP contribution in [0.2, 0.25) is 0 Å². The predicted molar refractivity (Wildman–Crippen MR) is 112 cm³/mol.